The third kappa shape index (κ3) is 63.3. The van der Waals surface area contributed by atoms with Crippen LogP contribution < -0.4 is 0 Å². The molecule has 0 saturated heterocycles. The first kappa shape index (κ1) is 87.9. The predicted octanol–water partition coefficient (Wildman–Crippen LogP) is 20.0. The zero-order valence-electron chi connectivity index (χ0n) is 58.8. The molecule has 88 heavy (non-hydrogen) atoms. The van der Waals surface area contributed by atoms with Gasteiger partial charge in [0.15, 0.2) is 5.78 Å². The number of carboxylic acid groups (broad SMARTS) is 1. The molecule has 3 atom stereocenters. The quantitative estimate of drug-likeness (QED) is 0.0201. The Morgan fingerprint density at radius 2 is 1.01 bits per heavy atom. The molecule has 0 bridgehead atoms. The fourth-order valence-electron chi connectivity index (χ4n) is 9.84. The lowest BCUT2D eigenvalue weighted by Gasteiger charge is -2.28. The summed E-state index contributed by atoms with van der Waals surface area (Å²) in [5, 5.41) is 8.96. The number of nitrogens with zero attached hydrogens (tertiary/aromatic N) is 1. The number of Topliss-reactive ketones (excluding diaryl/α,β-unsaturated/α-hetero) is 2. The summed E-state index contributed by atoms with van der Waals surface area (Å²) < 4.78 is 27.7. The molecular formula is C75H137NO12. The van der Waals surface area contributed by atoms with Crippen molar-refractivity contribution in [1.82, 2.24) is 4.90 Å². The summed E-state index contributed by atoms with van der Waals surface area (Å²) in [7, 11) is 1.99. The Morgan fingerprint density at radius 1 is 0.557 bits per heavy atom. The van der Waals surface area contributed by atoms with Gasteiger partial charge >= 0.3 is 23.9 Å². The van der Waals surface area contributed by atoms with Gasteiger partial charge in [-0.1, -0.05) is 241 Å². The number of carbonyl (C=O) groups is 6. The number of unbranched alkanes of at least 4 members (excludes halogenated alkanes) is 21. The Kier molecular flexibility index (Phi) is 65.6. The summed E-state index contributed by atoms with van der Waals surface area (Å²) in [6, 6.07) is 0. The van der Waals surface area contributed by atoms with Gasteiger partial charge in [0.2, 0.25) is 0 Å². The second-order valence-corrected chi connectivity index (χ2v) is 25.2. The summed E-state index contributed by atoms with van der Waals surface area (Å²) in [6.45, 7) is 31.2. The Bertz CT molecular complexity index is 1740. The van der Waals surface area contributed by atoms with E-state index in [-0.39, 0.29) is 68.2 Å². The van der Waals surface area contributed by atoms with Gasteiger partial charge in [0.25, 0.3) is 0 Å². The van der Waals surface area contributed by atoms with E-state index in [1.54, 1.807) is 13.0 Å². The molecule has 1 N–H and O–H groups in total. The van der Waals surface area contributed by atoms with Crippen LogP contribution in [0, 0.1) is 29.6 Å². The summed E-state index contributed by atoms with van der Waals surface area (Å²) in [5.41, 5.74) is 1.09. The minimum atomic E-state index is -0.795. The molecule has 1 fully saturated rings. The van der Waals surface area contributed by atoms with Crippen molar-refractivity contribution in [3.8, 4) is 0 Å². The van der Waals surface area contributed by atoms with Crippen molar-refractivity contribution in [1.29, 1.82) is 0 Å². The number of esters is 3. The van der Waals surface area contributed by atoms with Gasteiger partial charge in [-0.25, -0.2) is 0 Å². The van der Waals surface area contributed by atoms with E-state index in [2.05, 4.69) is 85.6 Å². The molecule has 1 rings (SSSR count). The molecule has 1 aliphatic rings. The smallest absolute Gasteiger partial charge is 0.306 e. The van der Waals surface area contributed by atoms with Crippen molar-refractivity contribution in [3.05, 3.63) is 48.9 Å². The second kappa shape index (κ2) is 65.7. The molecule has 13 heteroatoms. The van der Waals surface area contributed by atoms with E-state index in [9.17, 15) is 28.8 Å². The first-order chi connectivity index (χ1) is 42.3. The van der Waals surface area contributed by atoms with Crippen molar-refractivity contribution in [2.24, 2.45) is 29.6 Å². The lowest BCUT2D eigenvalue weighted by atomic mass is 9.78. The number of ether oxygens (including phenoxy) is 5. The van der Waals surface area contributed by atoms with E-state index in [4.69, 9.17) is 28.8 Å². The molecule has 0 heterocycles. The molecular weight excluding hydrogens is 1110 g/mol. The standard InChI is InChI=1S/C33H62O5.C18H32O4.C14H23NO2.C10H20O/c1-7-10-13-15-17-19-21-29(6)36-25-30(26-37-32(34)23-20-18-16-14-11-8-2)24-33(35)38-27-31(28(4)5)22-12-9-3;1-2-3-4-5-6-7-11-18(21)22-14-16(13-17(19)20)12-15-9-8-10-15;1-5-7-9-14(8-6-2)15(4)10-11-17-12-13(3)16;1-3-4-5-6-7-8-9-10(2)11/h28,30-31H,6-27H2,1-5H3;15-16H,2-14H2,1H3,(H,19,20);6-9H,2,5,10-12H2,1,3-4H3;3-9H2,1-2H3/b;;9-7-,14-8+;. The highest BCUT2D eigenvalue weighted by Gasteiger charge is 2.25. The van der Waals surface area contributed by atoms with Gasteiger partial charge in [-0.3, -0.25) is 24.0 Å². The highest BCUT2D eigenvalue weighted by molar-refractivity contribution is 5.76. The van der Waals surface area contributed by atoms with Crippen LogP contribution in [0.3, 0.4) is 0 Å². The zero-order chi connectivity index (χ0) is 66.3. The van der Waals surface area contributed by atoms with Gasteiger partial charge in [0, 0.05) is 56.8 Å². The number of hydrogen-bond acceptors (Lipinski definition) is 12. The molecule has 0 aliphatic heterocycles. The van der Waals surface area contributed by atoms with E-state index in [1.165, 1.54) is 142 Å². The number of allylic oxidation sites excluding steroid dienone is 5. The van der Waals surface area contributed by atoms with E-state index >= 15 is 0 Å². The largest absolute Gasteiger partial charge is 0.498 e. The van der Waals surface area contributed by atoms with Crippen LogP contribution in [-0.2, 0) is 52.5 Å². The molecule has 0 aromatic carbocycles. The third-order valence-electron chi connectivity index (χ3n) is 15.9. The first-order valence-electron chi connectivity index (χ1n) is 35.6. The minimum Gasteiger partial charge on any atom is -0.498 e. The van der Waals surface area contributed by atoms with Crippen LogP contribution in [0.15, 0.2) is 48.9 Å². The highest BCUT2D eigenvalue weighted by Crippen LogP contribution is 2.33. The van der Waals surface area contributed by atoms with E-state index < -0.39 is 5.97 Å². The molecule has 0 aromatic rings. The van der Waals surface area contributed by atoms with E-state index in [1.807, 2.05) is 13.1 Å². The fraction of sp³-hybridized carbons (Fsp3) is 0.813. The first-order valence-corrected chi connectivity index (χ1v) is 35.6. The number of hydrogen-bond donors (Lipinski definition) is 1. The van der Waals surface area contributed by atoms with Crippen LogP contribution in [0.2, 0.25) is 0 Å². The lowest BCUT2D eigenvalue weighted by molar-refractivity contribution is -0.152. The monoisotopic (exact) mass is 1240 g/mol. The molecule has 0 radical (unpaired) electrons. The number of likely N-dealkylation sites (N-methyl/N-ethyl adjacent to an activating group) is 1. The topological polar surface area (TPSA) is 172 Å². The van der Waals surface area contributed by atoms with Gasteiger partial charge in [-0.15, -0.1) is 0 Å². The Labute approximate surface area is 540 Å². The highest BCUT2D eigenvalue weighted by atomic mass is 16.5. The molecule has 0 amide bonds. The Balaban J connectivity index is -0.00000121. The average Bonchev–Trinajstić information content (AvgIpc) is 3.47. The Morgan fingerprint density at radius 3 is 1.44 bits per heavy atom. The number of carboxylic acids is 1. The van der Waals surface area contributed by atoms with Gasteiger partial charge in [-0.05, 0) is 88.7 Å². The molecule has 0 aromatic heterocycles. The third-order valence-corrected chi connectivity index (χ3v) is 15.9. The molecule has 0 spiro atoms. The van der Waals surface area contributed by atoms with Crippen LogP contribution in [0.1, 0.15) is 313 Å². The molecule has 1 aliphatic carbocycles. The number of carbonyl (C=O) groups excluding carboxylic acids is 5. The van der Waals surface area contributed by atoms with Crippen molar-refractivity contribution >= 4 is 35.4 Å². The minimum absolute atomic E-state index is 0.0173. The maximum Gasteiger partial charge on any atom is 0.306 e. The van der Waals surface area contributed by atoms with E-state index in [0.29, 0.717) is 56.2 Å². The number of rotatable bonds is 56. The maximum atomic E-state index is 12.7. The van der Waals surface area contributed by atoms with E-state index in [0.717, 1.165) is 101 Å². The normalized spacial score (nSPS) is 13.1. The van der Waals surface area contributed by atoms with Crippen LogP contribution >= 0.6 is 0 Å². The summed E-state index contributed by atoms with van der Waals surface area (Å²) >= 11 is 0. The van der Waals surface area contributed by atoms with Gasteiger partial charge in [0.05, 0.1) is 51.6 Å². The van der Waals surface area contributed by atoms with Crippen LogP contribution in [0.4, 0.5) is 0 Å². The zero-order valence-corrected chi connectivity index (χ0v) is 58.8. The van der Waals surface area contributed by atoms with Crippen molar-refractivity contribution in [2.75, 3.05) is 53.2 Å². The maximum absolute atomic E-state index is 12.7. The number of aliphatic carboxylic acids is 1. The second-order valence-electron chi connectivity index (χ2n) is 25.2. The SMILES string of the molecule is C=C(CCCCCCCC)OCC(COC(=O)CCCCCCCC)CC(=O)OCC(CCCC)C(C)C.C=C/C=C(\C=C/CC)N(C)CCOCC(C)=O.CCCCCCCCC(=O)OCC(CC(=O)O)CC1CCC1.CCCCCCCCC(C)=O. The van der Waals surface area contributed by atoms with Crippen molar-refractivity contribution < 1.29 is 57.6 Å². The molecule has 1 saturated carbocycles. The molecule has 514 valence electrons. The molecule has 3 unspecified atom stereocenters. The van der Waals surface area contributed by atoms with Crippen LogP contribution in [0.5, 0.6) is 0 Å². The fourth-order valence-corrected chi connectivity index (χ4v) is 9.84. The van der Waals surface area contributed by atoms with Crippen LogP contribution in [0.25, 0.3) is 0 Å². The number of ketones is 2. The van der Waals surface area contributed by atoms with Crippen molar-refractivity contribution in [3.63, 3.8) is 0 Å². The van der Waals surface area contributed by atoms with Gasteiger partial charge in [0.1, 0.15) is 12.4 Å². The summed E-state index contributed by atoms with van der Waals surface area (Å²) in [6.07, 6.45) is 48.2. The van der Waals surface area contributed by atoms with Gasteiger partial charge in [-0.2, -0.15) is 0 Å². The van der Waals surface area contributed by atoms with Crippen molar-refractivity contribution in [2.45, 2.75) is 313 Å². The summed E-state index contributed by atoms with van der Waals surface area (Å²) in [5.74, 6) is 0.984. The summed E-state index contributed by atoms with van der Waals surface area (Å²) in [4.78, 5) is 70.9. The van der Waals surface area contributed by atoms with Crippen LogP contribution in [-0.4, -0.2) is 98.7 Å². The average molecular weight is 1240 g/mol. The molecule has 13 nitrogen and oxygen atoms in total. The van der Waals surface area contributed by atoms with Gasteiger partial charge < -0.3 is 38.5 Å². The lowest BCUT2D eigenvalue weighted by Crippen LogP contribution is -2.25. The predicted molar refractivity (Wildman–Crippen MR) is 366 cm³/mol. The Hall–Kier alpha value is -4.26.